The van der Waals surface area contributed by atoms with E-state index in [1.54, 1.807) is 12.1 Å². The average molecular weight is 234 g/mol. The van der Waals surface area contributed by atoms with Crippen molar-refractivity contribution in [2.45, 2.75) is 0 Å². The monoisotopic (exact) mass is 234 g/mol. The van der Waals surface area contributed by atoms with E-state index < -0.39 is 11.8 Å². The Morgan fingerprint density at radius 3 is 2.44 bits per heavy atom. The summed E-state index contributed by atoms with van der Waals surface area (Å²) in [6, 6.07) is 6.05. The molecule has 0 bridgehead atoms. The molecule has 0 fully saturated rings. The molecule has 2 rings (SSSR count). The summed E-state index contributed by atoms with van der Waals surface area (Å²) in [6.07, 6.45) is 4.19. The number of pyridine rings is 2. The summed E-state index contributed by atoms with van der Waals surface area (Å²) in [7, 11) is 0. The molecule has 2 aromatic heterocycles. The number of hydrogen-bond acceptors (Lipinski definition) is 5. The van der Waals surface area contributed by atoms with Gasteiger partial charge in [0.05, 0.1) is 17.2 Å². The van der Waals surface area contributed by atoms with Crippen molar-refractivity contribution in [3.63, 3.8) is 0 Å². The summed E-state index contributed by atoms with van der Waals surface area (Å²) in [5, 5.41) is 10.8. The Labute approximate surface area is 115 Å². The first kappa shape index (κ1) is 14.1. The average Bonchev–Trinajstić information content (AvgIpc) is 2.39. The molecule has 0 saturated carbocycles. The third-order valence-corrected chi connectivity index (χ3v) is 2.17. The SMILES string of the molecule is O=C(c1cccnc1)c1cccnc1C(=O)[O-].[Li+]. The molecule has 2 heterocycles. The molecule has 0 unspecified atom stereocenters. The number of hydrogen-bond donors (Lipinski definition) is 0. The Kier molecular flexibility index (Phi) is 4.78. The van der Waals surface area contributed by atoms with Crippen LogP contribution in [0.15, 0.2) is 42.9 Å². The summed E-state index contributed by atoms with van der Waals surface area (Å²) in [4.78, 5) is 30.2. The van der Waals surface area contributed by atoms with Crippen LogP contribution in [0, 0.1) is 0 Å². The van der Waals surface area contributed by atoms with Gasteiger partial charge in [0, 0.05) is 24.2 Å². The van der Waals surface area contributed by atoms with Gasteiger partial charge in [-0.25, -0.2) is 0 Å². The standard InChI is InChI=1S/C12H8N2O3.Li/c15-11(8-3-1-5-13-7-8)9-4-2-6-14-10(9)12(16)17;/h1-7H,(H,16,17);/q;+1/p-1. The molecular formula is C12H7LiN2O3. The van der Waals surface area contributed by atoms with Crippen molar-refractivity contribution in [1.82, 2.24) is 9.97 Å². The van der Waals surface area contributed by atoms with Crippen LogP contribution < -0.4 is 24.0 Å². The van der Waals surface area contributed by atoms with Crippen LogP contribution in [-0.4, -0.2) is 21.7 Å². The van der Waals surface area contributed by atoms with Gasteiger partial charge in [0.2, 0.25) is 0 Å². The van der Waals surface area contributed by atoms with E-state index in [2.05, 4.69) is 9.97 Å². The molecule has 0 atom stereocenters. The van der Waals surface area contributed by atoms with Crippen molar-refractivity contribution in [1.29, 1.82) is 0 Å². The predicted molar refractivity (Wildman–Crippen MR) is 56.2 cm³/mol. The molecule has 0 saturated heterocycles. The molecule has 84 valence electrons. The fourth-order valence-corrected chi connectivity index (χ4v) is 1.40. The van der Waals surface area contributed by atoms with Gasteiger partial charge in [-0.3, -0.25) is 14.8 Å². The van der Waals surface area contributed by atoms with E-state index in [0.29, 0.717) is 5.56 Å². The zero-order chi connectivity index (χ0) is 12.3. The predicted octanol–water partition coefficient (Wildman–Crippen LogP) is -2.92. The Bertz CT molecular complexity index is 573. The number of aromatic nitrogens is 2. The van der Waals surface area contributed by atoms with Crippen LogP contribution in [-0.2, 0) is 0 Å². The van der Waals surface area contributed by atoms with Gasteiger partial charge in [-0.1, -0.05) is 0 Å². The Hall–Kier alpha value is -1.96. The number of aromatic carboxylic acids is 1. The van der Waals surface area contributed by atoms with Gasteiger partial charge in [0.25, 0.3) is 0 Å². The first-order valence-corrected chi connectivity index (χ1v) is 4.81. The number of carbonyl (C=O) groups is 2. The van der Waals surface area contributed by atoms with Crippen molar-refractivity contribution in [2.75, 3.05) is 0 Å². The van der Waals surface area contributed by atoms with E-state index in [0.717, 1.165) is 0 Å². The number of nitrogens with zero attached hydrogens (tertiary/aromatic N) is 2. The molecule has 5 nitrogen and oxygen atoms in total. The van der Waals surface area contributed by atoms with E-state index >= 15 is 0 Å². The van der Waals surface area contributed by atoms with Crippen LogP contribution in [0.1, 0.15) is 26.4 Å². The number of rotatable bonds is 3. The Morgan fingerprint density at radius 1 is 1.11 bits per heavy atom. The van der Waals surface area contributed by atoms with Gasteiger partial charge in [-0.05, 0) is 24.3 Å². The van der Waals surface area contributed by atoms with Crippen LogP contribution in [0.4, 0.5) is 0 Å². The summed E-state index contributed by atoms with van der Waals surface area (Å²) >= 11 is 0. The smallest absolute Gasteiger partial charge is 0.543 e. The molecule has 0 spiro atoms. The summed E-state index contributed by atoms with van der Waals surface area (Å²) in [6.45, 7) is 0. The van der Waals surface area contributed by atoms with Crippen molar-refractivity contribution in [3.05, 3.63) is 59.7 Å². The third-order valence-electron chi connectivity index (χ3n) is 2.17. The van der Waals surface area contributed by atoms with Crippen LogP contribution >= 0.6 is 0 Å². The molecule has 0 N–H and O–H groups in total. The number of ketones is 1. The molecule has 2 aromatic rings. The van der Waals surface area contributed by atoms with Gasteiger partial charge in [-0.2, -0.15) is 0 Å². The summed E-state index contributed by atoms with van der Waals surface area (Å²) in [5.74, 6) is -1.91. The molecular weight excluding hydrogens is 227 g/mol. The molecule has 0 aromatic carbocycles. The van der Waals surface area contributed by atoms with Crippen molar-refractivity contribution < 1.29 is 33.6 Å². The molecule has 0 aliphatic rings. The normalized spacial score (nSPS) is 9.33. The van der Waals surface area contributed by atoms with Gasteiger partial charge < -0.3 is 9.90 Å². The maximum atomic E-state index is 12.0. The topological polar surface area (TPSA) is 83.0 Å². The van der Waals surface area contributed by atoms with Gasteiger partial charge in [0.15, 0.2) is 5.78 Å². The van der Waals surface area contributed by atoms with Gasteiger partial charge in [0.1, 0.15) is 0 Å². The second-order valence-corrected chi connectivity index (χ2v) is 3.26. The van der Waals surface area contributed by atoms with Crippen molar-refractivity contribution in [2.24, 2.45) is 0 Å². The Morgan fingerprint density at radius 2 is 1.83 bits per heavy atom. The molecule has 0 aliphatic heterocycles. The zero-order valence-corrected chi connectivity index (χ0v) is 9.66. The second kappa shape index (κ2) is 6.10. The molecule has 0 aliphatic carbocycles. The third kappa shape index (κ3) is 2.83. The maximum absolute atomic E-state index is 12.0. The van der Waals surface area contributed by atoms with E-state index in [4.69, 9.17) is 0 Å². The van der Waals surface area contributed by atoms with E-state index in [-0.39, 0.29) is 30.1 Å². The van der Waals surface area contributed by atoms with Gasteiger partial charge >= 0.3 is 18.9 Å². The van der Waals surface area contributed by atoms with Crippen molar-refractivity contribution in [3.8, 4) is 0 Å². The molecule has 18 heavy (non-hydrogen) atoms. The van der Waals surface area contributed by atoms with Crippen LogP contribution in [0.25, 0.3) is 0 Å². The summed E-state index contributed by atoms with van der Waals surface area (Å²) < 4.78 is 0. The second-order valence-electron chi connectivity index (χ2n) is 3.26. The zero-order valence-electron chi connectivity index (χ0n) is 9.66. The number of carbonyl (C=O) groups excluding carboxylic acids is 2. The molecule has 0 amide bonds. The fraction of sp³-hybridized carbons (Fsp3) is 0. The van der Waals surface area contributed by atoms with E-state index in [9.17, 15) is 14.7 Å². The minimum atomic E-state index is -1.47. The first-order chi connectivity index (χ1) is 8.20. The van der Waals surface area contributed by atoms with Gasteiger partial charge in [-0.15, -0.1) is 0 Å². The number of carboxylic acids is 1. The minimum absolute atomic E-state index is 0. The minimum Gasteiger partial charge on any atom is -0.543 e. The van der Waals surface area contributed by atoms with Crippen molar-refractivity contribution >= 4 is 11.8 Å². The van der Waals surface area contributed by atoms with Crippen LogP contribution in [0.3, 0.4) is 0 Å². The van der Waals surface area contributed by atoms with E-state index in [1.807, 2.05) is 0 Å². The van der Waals surface area contributed by atoms with Crippen LogP contribution in [0.2, 0.25) is 0 Å². The Balaban J connectivity index is 0.00000162. The largest absolute Gasteiger partial charge is 1.00 e. The van der Waals surface area contributed by atoms with E-state index in [1.165, 1.54) is 30.7 Å². The fourth-order valence-electron chi connectivity index (χ4n) is 1.40. The molecule has 0 radical (unpaired) electrons. The quantitative estimate of drug-likeness (QED) is 0.419. The van der Waals surface area contributed by atoms with Crippen LogP contribution in [0.5, 0.6) is 0 Å². The maximum Gasteiger partial charge on any atom is 1.00 e. The summed E-state index contributed by atoms with van der Waals surface area (Å²) in [5.41, 5.74) is -0.0511. The first-order valence-electron chi connectivity index (χ1n) is 4.81. The molecule has 6 heteroatoms. The number of carboxylic acid groups (broad SMARTS) is 1.